The lowest BCUT2D eigenvalue weighted by molar-refractivity contribution is 0.174. The lowest BCUT2D eigenvalue weighted by atomic mass is 10.2. The number of rotatable bonds is 6. The number of benzene rings is 1. The van der Waals surface area contributed by atoms with Gasteiger partial charge in [0.1, 0.15) is 5.82 Å². The zero-order chi connectivity index (χ0) is 14.8. The lowest BCUT2D eigenvalue weighted by Crippen LogP contribution is -2.24. The minimum absolute atomic E-state index is 0.0884. The second-order valence-electron chi connectivity index (χ2n) is 5.06. The molecule has 1 aromatic carbocycles. The van der Waals surface area contributed by atoms with Crippen LogP contribution in [0.1, 0.15) is 19.7 Å². The number of hydrogen-bond donors (Lipinski definition) is 1. The second kappa shape index (κ2) is 5.91. The highest BCUT2D eigenvalue weighted by atomic mass is 16.7. The predicted molar refractivity (Wildman–Crippen MR) is 79.6 cm³/mol. The van der Waals surface area contributed by atoms with Crippen LogP contribution in [0.3, 0.4) is 0 Å². The van der Waals surface area contributed by atoms with Crippen molar-refractivity contribution in [2.24, 2.45) is 0 Å². The summed E-state index contributed by atoms with van der Waals surface area (Å²) in [5.41, 5.74) is 1.87. The van der Waals surface area contributed by atoms with Crippen molar-refractivity contribution in [1.82, 2.24) is 14.5 Å². The molecule has 0 bridgehead atoms. The fraction of sp³-hybridized carbons (Fsp3) is 0.533. The molecule has 0 radical (unpaired) electrons. The number of aliphatic hydroxyl groups excluding tert-OH is 1. The smallest absolute Gasteiger partial charge is 0.231 e. The van der Waals surface area contributed by atoms with Crippen LogP contribution in [-0.4, -0.2) is 46.0 Å². The fourth-order valence-corrected chi connectivity index (χ4v) is 2.68. The summed E-state index contributed by atoms with van der Waals surface area (Å²) in [5, 5.41) is 9.35. The first kappa shape index (κ1) is 14.2. The number of aliphatic hydroxyl groups is 1. The third kappa shape index (κ3) is 2.56. The maximum atomic E-state index is 9.35. The summed E-state index contributed by atoms with van der Waals surface area (Å²) < 4.78 is 12.9. The molecule has 1 aliphatic heterocycles. The molecule has 1 aromatic heterocycles. The van der Waals surface area contributed by atoms with Crippen molar-refractivity contribution in [2.75, 3.05) is 26.5 Å². The number of aromatic nitrogens is 2. The van der Waals surface area contributed by atoms with Gasteiger partial charge in [0.15, 0.2) is 11.5 Å². The Hall–Kier alpha value is -1.79. The van der Waals surface area contributed by atoms with E-state index < -0.39 is 0 Å². The highest BCUT2D eigenvalue weighted by molar-refractivity contribution is 5.81. The van der Waals surface area contributed by atoms with E-state index in [2.05, 4.69) is 23.3 Å². The van der Waals surface area contributed by atoms with Gasteiger partial charge < -0.3 is 19.1 Å². The molecule has 0 aliphatic carbocycles. The third-order valence-electron chi connectivity index (χ3n) is 3.90. The molecule has 6 heteroatoms. The minimum Gasteiger partial charge on any atom is -0.454 e. The largest absolute Gasteiger partial charge is 0.454 e. The third-order valence-corrected chi connectivity index (χ3v) is 3.90. The maximum Gasteiger partial charge on any atom is 0.231 e. The van der Waals surface area contributed by atoms with E-state index in [-0.39, 0.29) is 13.4 Å². The molecule has 6 nitrogen and oxygen atoms in total. The van der Waals surface area contributed by atoms with E-state index in [0.717, 1.165) is 48.0 Å². The van der Waals surface area contributed by atoms with E-state index in [1.54, 1.807) is 0 Å². The Kier molecular flexibility index (Phi) is 3.98. The van der Waals surface area contributed by atoms with Crippen molar-refractivity contribution in [2.45, 2.75) is 26.9 Å². The molecule has 21 heavy (non-hydrogen) atoms. The summed E-state index contributed by atoms with van der Waals surface area (Å²) in [7, 11) is 0. The van der Waals surface area contributed by atoms with Crippen LogP contribution in [0.15, 0.2) is 12.1 Å². The van der Waals surface area contributed by atoms with Gasteiger partial charge in [-0.2, -0.15) is 0 Å². The predicted octanol–water partition coefficient (Wildman–Crippen LogP) is 1.60. The summed E-state index contributed by atoms with van der Waals surface area (Å²) in [5.74, 6) is 2.45. The lowest BCUT2D eigenvalue weighted by Gasteiger charge is -2.18. The van der Waals surface area contributed by atoms with E-state index >= 15 is 0 Å². The number of fused-ring (bicyclic) bond motifs is 2. The van der Waals surface area contributed by atoms with Crippen molar-refractivity contribution in [3.63, 3.8) is 0 Å². The van der Waals surface area contributed by atoms with Crippen LogP contribution in [0.25, 0.3) is 11.0 Å². The molecule has 2 heterocycles. The van der Waals surface area contributed by atoms with E-state index in [1.807, 2.05) is 12.1 Å². The van der Waals surface area contributed by atoms with Crippen LogP contribution >= 0.6 is 0 Å². The minimum atomic E-state index is 0.0884. The average Bonchev–Trinajstić information content (AvgIpc) is 3.07. The van der Waals surface area contributed by atoms with Crippen LogP contribution in [0, 0.1) is 0 Å². The second-order valence-corrected chi connectivity index (χ2v) is 5.06. The van der Waals surface area contributed by atoms with Crippen molar-refractivity contribution in [1.29, 1.82) is 0 Å². The summed E-state index contributed by atoms with van der Waals surface area (Å²) >= 11 is 0. The normalized spacial score (nSPS) is 13.5. The Morgan fingerprint density at radius 2 is 1.95 bits per heavy atom. The molecule has 1 N–H and O–H groups in total. The number of hydrogen-bond acceptors (Lipinski definition) is 5. The average molecular weight is 291 g/mol. The molecule has 0 saturated carbocycles. The molecule has 0 atom stereocenters. The first-order chi connectivity index (χ1) is 10.3. The van der Waals surface area contributed by atoms with Crippen molar-refractivity contribution >= 4 is 11.0 Å². The quantitative estimate of drug-likeness (QED) is 0.876. The summed E-state index contributed by atoms with van der Waals surface area (Å²) in [6.07, 6.45) is 0. The summed E-state index contributed by atoms with van der Waals surface area (Å²) in [6, 6.07) is 3.86. The van der Waals surface area contributed by atoms with Gasteiger partial charge in [0, 0.05) is 18.7 Å². The molecule has 0 amide bonds. The van der Waals surface area contributed by atoms with Gasteiger partial charge in [-0.3, -0.25) is 4.90 Å². The highest BCUT2D eigenvalue weighted by Crippen LogP contribution is 2.36. The van der Waals surface area contributed by atoms with E-state index in [4.69, 9.17) is 14.5 Å². The van der Waals surface area contributed by atoms with Crippen LogP contribution in [0.4, 0.5) is 0 Å². The van der Waals surface area contributed by atoms with E-state index in [1.165, 1.54) is 0 Å². The molecule has 114 valence electrons. The SMILES string of the molecule is CCN(CC)Cc1nc2cc3c(cc2n1CCO)OCO3. The molecule has 0 spiro atoms. The Labute approximate surface area is 123 Å². The Morgan fingerprint density at radius 1 is 1.24 bits per heavy atom. The molecular formula is C15H21N3O3. The zero-order valence-electron chi connectivity index (χ0n) is 12.5. The summed E-state index contributed by atoms with van der Waals surface area (Å²) in [6.45, 7) is 7.88. The first-order valence-corrected chi connectivity index (χ1v) is 7.38. The van der Waals surface area contributed by atoms with Gasteiger partial charge in [-0.25, -0.2) is 4.98 Å². The van der Waals surface area contributed by atoms with Crippen LogP contribution < -0.4 is 9.47 Å². The van der Waals surface area contributed by atoms with Crippen molar-refractivity contribution in [3.8, 4) is 11.5 Å². The Morgan fingerprint density at radius 3 is 2.62 bits per heavy atom. The Balaban J connectivity index is 2.04. The van der Waals surface area contributed by atoms with Crippen molar-refractivity contribution < 1.29 is 14.6 Å². The van der Waals surface area contributed by atoms with Crippen LogP contribution in [0.2, 0.25) is 0 Å². The number of imidazole rings is 1. The van der Waals surface area contributed by atoms with Gasteiger partial charge in [0.05, 0.1) is 24.2 Å². The van der Waals surface area contributed by atoms with E-state index in [9.17, 15) is 5.11 Å². The van der Waals surface area contributed by atoms with Crippen LogP contribution in [0.5, 0.6) is 11.5 Å². The standard InChI is InChI=1S/C15H21N3O3/c1-3-17(4-2)9-15-16-11-7-13-14(21-10-20-13)8-12(11)18(15)5-6-19/h7-8,19H,3-6,9-10H2,1-2H3. The monoisotopic (exact) mass is 291 g/mol. The topological polar surface area (TPSA) is 59.8 Å². The van der Waals surface area contributed by atoms with Gasteiger partial charge in [0.25, 0.3) is 0 Å². The van der Waals surface area contributed by atoms with Gasteiger partial charge in [-0.05, 0) is 13.1 Å². The number of ether oxygens (including phenoxy) is 2. The number of nitrogens with zero attached hydrogens (tertiary/aromatic N) is 3. The van der Waals surface area contributed by atoms with Crippen LogP contribution in [-0.2, 0) is 13.1 Å². The molecule has 0 unspecified atom stereocenters. The fourth-order valence-electron chi connectivity index (χ4n) is 2.68. The molecule has 2 aromatic rings. The first-order valence-electron chi connectivity index (χ1n) is 7.38. The molecular weight excluding hydrogens is 270 g/mol. The molecule has 0 fully saturated rings. The Bertz CT molecular complexity index is 635. The van der Waals surface area contributed by atoms with Gasteiger partial charge in [-0.15, -0.1) is 0 Å². The summed E-state index contributed by atoms with van der Waals surface area (Å²) in [4.78, 5) is 7.02. The van der Waals surface area contributed by atoms with Crippen molar-refractivity contribution in [3.05, 3.63) is 18.0 Å². The highest BCUT2D eigenvalue weighted by Gasteiger charge is 2.19. The van der Waals surface area contributed by atoms with Gasteiger partial charge >= 0.3 is 0 Å². The maximum absolute atomic E-state index is 9.35. The van der Waals surface area contributed by atoms with Gasteiger partial charge in [-0.1, -0.05) is 13.8 Å². The van der Waals surface area contributed by atoms with Gasteiger partial charge in [0.2, 0.25) is 6.79 Å². The molecule has 1 aliphatic rings. The molecule has 0 saturated heterocycles. The zero-order valence-corrected chi connectivity index (χ0v) is 12.5. The molecule has 3 rings (SSSR count). The van der Waals surface area contributed by atoms with E-state index in [0.29, 0.717) is 6.54 Å².